The normalized spacial score (nSPS) is 23.3. The Morgan fingerprint density at radius 3 is 2.39 bits per heavy atom. The molecule has 162 valence electrons. The van der Waals surface area contributed by atoms with Gasteiger partial charge in [0.25, 0.3) is 0 Å². The third-order valence-electron chi connectivity index (χ3n) is 7.33. The first-order valence-corrected chi connectivity index (χ1v) is 11.6. The molecule has 5 nitrogen and oxygen atoms in total. The second-order valence-corrected chi connectivity index (χ2v) is 9.40. The number of hydrogen-bond acceptors (Lipinski definition) is 4. The first kappa shape index (κ1) is 20.4. The zero-order valence-electron chi connectivity index (χ0n) is 18.8. The summed E-state index contributed by atoms with van der Waals surface area (Å²) in [6, 6.07) is 9.52. The largest absolute Gasteiger partial charge is 0.304 e. The summed E-state index contributed by atoms with van der Waals surface area (Å²) in [4.78, 5) is 9.93. The van der Waals surface area contributed by atoms with Crippen molar-refractivity contribution in [2.24, 2.45) is 13.0 Å². The molecule has 3 heterocycles. The lowest BCUT2D eigenvalue weighted by atomic mass is 9.80. The summed E-state index contributed by atoms with van der Waals surface area (Å²) in [6.07, 6.45) is 11.0. The van der Waals surface area contributed by atoms with E-state index in [9.17, 15) is 0 Å². The summed E-state index contributed by atoms with van der Waals surface area (Å²) in [5, 5.41) is 6.70. The maximum atomic E-state index is 4.77. The Morgan fingerprint density at radius 2 is 1.68 bits per heavy atom. The zero-order chi connectivity index (χ0) is 21.4. The molecule has 31 heavy (non-hydrogen) atoms. The van der Waals surface area contributed by atoms with Crippen LogP contribution in [0, 0.1) is 5.92 Å². The second-order valence-electron chi connectivity index (χ2n) is 9.40. The number of rotatable bonds is 4. The maximum Gasteiger partial charge on any atom is 0.0664 e. The van der Waals surface area contributed by atoms with Crippen LogP contribution in [-0.2, 0) is 7.05 Å². The molecule has 0 bridgehead atoms. The van der Waals surface area contributed by atoms with E-state index in [0.717, 1.165) is 17.3 Å². The molecule has 0 amide bonds. The van der Waals surface area contributed by atoms with Gasteiger partial charge in [-0.25, -0.2) is 0 Å². The fraction of sp³-hybridized carbons (Fsp3) is 0.462. The van der Waals surface area contributed by atoms with Crippen LogP contribution in [-0.4, -0.2) is 63.8 Å². The van der Waals surface area contributed by atoms with Crippen LogP contribution in [0.15, 0.2) is 49.4 Å². The van der Waals surface area contributed by atoms with Crippen LogP contribution < -0.4 is 0 Å². The van der Waals surface area contributed by atoms with Crippen LogP contribution in [0.1, 0.15) is 31.4 Å². The topological polar surface area (TPSA) is 37.2 Å². The summed E-state index contributed by atoms with van der Waals surface area (Å²) in [5.74, 6) is 0.551. The van der Waals surface area contributed by atoms with E-state index in [1.54, 1.807) is 0 Å². The van der Waals surface area contributed by atoms with Crippen molar-refractivity contribution in [1.29, 1.82) is 0 Å². The number of benzene rings is 1. The molecule has 5 heteroatoms. The van der Waals surface area contributed by atoms with Crippen LogP contribution >= 0.6 is 0 Å². The second kappa shape index (κ2) is 8.56. The van der Waals surface area contributed by atoms with Gasteiger partial charge in [0.15, 0.2) is 0 Å². The van der Waals surface area contributed by atoms with Crippen molar-refractivity contribution in [2.45, 2.75) is 31.7 Å². The molecule has 0 unspecified atom stereocenters. The predicted molar refractivity (Wildman–Crippen MR) is 128 cm³/mol. The van der Waals surface area contributed by atoms with Crippen molar-refractivity contribution in [3.63, 3.8) is 0 Å². The third-order valence-corrected chi connectivity index (χ3v) is 7.33. The molecule has 0 atom stereocenters. The fourth-order valence-electron chi connectivity index (χ4n) is 5.25. The van der Waals surface area contributed by atoms with E-state index in [1.807, 2.05) is 24.1 Å². The Balaban J connectivity index is 1.28. The standard InChI is InChI=1S/C26H33N5/c1-19(20-6-8-25(9-7-20)31-12-10-29(2)11-13-31)26-15-23-14-21(4-5-22(23)16-27-26)24-17-28-30(3)18-24/h4-5,14-18,20,25H,1,6-13H2,2-3H3. The number of likely N-dealkylation sites (N-methyl/N-ethyl adjacent to an activating group) is 1. The lowest BCUT2D eigenvalue weighted by Gasteiger charge is -2.41. The van der Waals surface area contributed by atoms with Gasteiger partial charge in [-0.1, -0.05) is 18.7 Å². The van der Waals surface area contributed by atoms with Crippen molar-refractivity contribution in [3.05, 3.63) is 55.1 Å². The Bertz CT molecular complexity index is 1070. The minimum Gasteiger partial charge on any atom is -0.304 e. The van der Waals surface area contributed by atoms with Crippen molar-refractivity contribution in [3.8, 4) is 11.1 Å². The molecule has 1 aromatic carbocycles. The summed E-state index contributed by atoms with van der Waals surface area (Å²) in [5.41, 5.74) is 4.60. The number of aromatic nitrogens is 3. The molecule has 1 saturated heterocycles. The van der Waals surface area contributed by atoms with Crippen LogP contribution in [0.3, 0.4) is 0 Å². The molecule has 2 fully saturated rings. The van der Waals surface area contributed by atoms with E-state index in [-0.39, 0.29) is 0 Å². The molecule has 3 aromatic rings. The Hall–Kier alpha value is -2.50. The van der Waals surface area contributed by atoms with Crippen molar-refractivity contribution < 1.29 is 0 Å². The molecule has 2 aromatic heterocycles. The number of hydrogen-bond donors (Lipinski definition) is 0. The van der Waals surface area contributed by atoms with Crippen molar-refractivity contribution in [1.82, 2.24) is 24.6 Å². The van der Waals surface area contributed by atoms with Gasteiger partial charge in [-0.05, 0) is 67.3 Å². The van der Waals surface area contributed by atoms with Gasteiger partial charge in [-0.3, -0.25) is 14.6 Å². The minimum atomic E-state index is 0.551. The highest BCUT2D eigenvalue weighted by Gasteiger charge is 2.29. The highest BCUT2D eigenvalue weighted by molar-refractivity contribution is 5.88. The molecule has 1 aliphatic heterocycles. The van der Waals surface area contributed by atoms with E-state index in [0.29, 0.717) is 5.92 Å². The van der Waals surface area contributed by atoms with Gasteiger partial charge in [0.2, 0.25) is 0 Å². The average molecular weight is 416 g/mol. The van der Waals surface area contributed by atoms with Crippen LogP contribution in [0.5, 0.6) is 0 Å². The van der Waals surface area contributed by atoms with Gasteiger partial charge in [-0.2, -0.15) is 5.10 Å². The van der Waals surface area contributed by atoms with Gasteiger partial charge in [-0.15, -0.1) is 0 Å². The SMILES string of the molecule is C=C(c1cc2cc(-c3cnn(C)c3)ccc2cn1)C1CCC(N2CCN(C)CC2)CC1. The average Bonchev–Trinajstić information content (AvgIpc) is 3.25. The minimum absolute atomic E-state index is 0.551. The quantitative estimate of drug-likeness (QED) is 0.631. The molecular weight excluding hydrogens is 382 g/mol. The van der Waals surface area contributed by atoms with Crippen LogP contribution in [0.25, 0.3) is 27.5 Å². The van der Waals surface area contributed by atoms with E-state index >= 15 is 0 Å². The lowest BCUT2D eigenvalue weighted by Crippen LogP contribution is -2.49. The number of nitrogens with zero attached hydrogens (tertiary/aromatic N) is 5. The van der Waals surface area contributed by atoms with Crippen LogP contribution in [0.2, 0.25) is 0 Å². The summed E-state index contributed by atoms with van der Waals surface area (Å²) in [6.45, 7) is 9.34. The van der Waals surface area contributed by atoms with E-state index in [1.165, 1.54) is 73.8 Å². The number of piperazine rings is 1. The fourth-order valence-corrected chi connectivity index (χ4v) is 5.25. The van der Waals surface area contributed by atoms with Gasteiger partial charge in [0.05, 0.1) is 11.9 Å². The molecule has 2 aliphatic rings. The van der Waals surface area contributed by atoms with Gasteiger partial charge in [0.1, 0.15) is 0 Å². The summed E-state index contributed by atoms with van der Waals surface area (Å²) < 4.78 is 1.85. The predicted octanol–water partition coefficient (Wildman–Crippen LogP) is 4.45. The van der Waals surface area contributed by atoms with E-state index < -0.39 is 0 Å². The first-order chi connectivity index (χ1) is 15.1. The molecular formula is C26H33N5. The highest BCUT2D eigenvalue weighted by atomic mass is 15.3. The maximum absolute atomic E-state index is 4.77. The van der Waals surface area contributed by atoms with Gasteiger partial charge < -0.3 is 4.90 Å². The van der Waals surface area contributed by atoms with E-state index in [2.05, 4.69) is 59.0 Å². The van der Waals surface area contributed by atoms with Gasteiger partial charge in [0, 0.05) is 62.6 Å². The summed E-state index contributed by atoms with van der Waals surface area (Å²) >= 11 is 0. The molecule has 5 rings (SSSR count). The molecule has 0 radical (unpaired) electrons. The number of fused-ring (bicyclic) bond motifs is 1. The molecule has 1 saturated carbocycles. The highest BCUT2D eigenvalue weighted by Crippen LogP contribution is 2.36. The zero-order valence-corrected chi connectivity index (χ0v) is 18.8. The van der Waals surface area contributed by atoms with Crippen molar-refractivity contribution in [2.75, 3.05) is 33.2 Å². The molecule has 0 N–H and O–H groups in total. The number of allylic oxidation sites excluding steroid dienone is 1. The van der Waals surface area contributed by atoms with Crippen LogP contribution in [0.4, 0.5) is 0 Å². The first-order valence-electron chi connectivity index (χ1n) is 11.6. The number of aryl methyl sites for hydroxylation is 1. The smallest absolute Gasteiger partial charge is 0.0664 e. The van der Waals surface area contributed by atoms with E-state index in [4.69, 9.17) is 4.98 Å². The lowest BCUT2D eigenvalue weighted by molar-refractivity contribution is 0.0864. The Morgan fingerprint density at radius 1 is 0.903 bits per heavy atom. The third kappa shape index (κ3) is 4.30. The number of pyridine rings is 1. The monoisotopic (exact) mass is 415 g/mol. The molecule has 0 spiro atoms. The van der Waals surface area contributed by atoms with Gasteiger partial charge >= 0.3 is 0 Å². The Labute approximate surface area is 185 Å². The Kier molecular flexibility index (Phi) is 5.63. The summed E-state index contributed by atoms with van der Waals surface area (Å²) in [7, 11) is 4.18. The van der Waals surface area contributed by atoms with Crippen molar-refractivity contribution >= 4 is 16.3 Å². The molecule has 1 aliphatic carbocycles.